The molecule has 1 aromatic heterocycles. The number of piperazine rings is 1. The van der Waals surface area contributed by atoms with Gasteiger partial charge in [0.05, 0.1) is 19.3 Å². The van der Waals surface area contributed by atoms with E-state index in [1.165, 1.54) is 4.90 Å². The Morgan fingerprint density at radius 3 is 2.58 bits per heavy atom. The molecule has 2 aliphatic heterocycles. The quantitative estimate of drug-likeness (QED) is 0.610. The van der Waals surface area contributed by atoms with Crippen molar-refractivity contribution in [2.45, 2.75) is 70.1 Å². The van der Waals surface area contributed by atoms with Gasteiger partial charge in [0, 0.05) is 38.4 Å². The SMILES string of the molecule is O=C1CCCn2cc(nn2)CNC(=O)[C@H]2CN(C(=O)C3CCCC3)CCN2C(=O)[C@H](Cc2ccccc2)N1. The van der Waals surface area contributed by atoms with Crippen LogP contribution in [0.5, 0.6) is 0 Å². The van der Waals surface area contributed by atoms with Gasteiger partial charge in [-0.15, -0.1) is 5.10 Å². The molecule has 2 bridgehead atoms. The first-order valence-electron chi connectivity index (χ1n) is 13.6. The van der Waals surface area contributed by atoms with Crippen molar-refractivity contribution in [2.75, 3.05) is 19.6 Å². The lowest BCUT2D eigenvalue weighted by Crippen LogP contribution is -2.64. The van der Waals surface area contributed by atoms with Gasteiger partial charge in [0.25, 0.3) is 0 Å². The normalized spacial score (nSPS) is 23.7. The van der Waals surface area contributed by atoms with Crippen LogP contribution in [0.4, 0.5) is 0 Å². The van der Waals surface area contributed by atoms with Crippen molar-refractivity contribution in [1.29, 1.82) is 0 Å². The molecule has 4 amide bonds. The van der Waals surface area contributed by atoms with E-state index in [2.05, 4.69) is 20.9 Å². The second kappa shape index (κ2) is 11.7. The van der Waals surface area contributed by atoms with E-state index in [-0.39, 0.29) is 55.6 Å². The van der Waals surface area contributed by atoms with Crippen LogP contribution in [0.3, 0.4) is 0 Å². The van der Waals surface area contributed by atoms with Crippen LogP contribution < -0.4 is 10.6 Å². The number of rotatable bonds is 3. The minimum atomic E-state index is -0.864. The number of carbonyl (C=O) groups is 4. The van der Waals surface area contributed by atoms with Crippen LogP contribution in [-0.2, 0) is 38.7 Å². The van der Waals surface area contributed by atoms with E-state index in [1.807, 2.05) is 30.3 Å². The van der Waals surface area contributed by atoms with Crippen LogP contribution in [0, 0.1) is 5.92 Å². The standard InChI is InChI=1S/C27H35N7O4/c35-24-11-6-12-33-17-21(30-31-33)16-28-25(36)23-18-32(26(37)20-9-4-5-10-20)13-14-34(23)27(38)22(29-24)15-19-7-2-1-3-8-19/h1-3,7-8,17,20,22-23H,4-6,9-16,18H2,(H,28,36)(H,29,35)/t22-,23+/m0/s1. The minimum Gasteiger partial charge on any atom is -0.348 e. The molecule has 2 fully saturated rings. The predicted molar refractivity (Wildman–Crippen MR) is 137 cm³/mol. The van der Waals surface area contributed by atoms with Gasteiger partial charge in [0.2, 0.25) is 23.6 Å². The topological polar surface area (TPSA) is 130 Å². The molecule has 11 nitrogen and oxygen atoms in total. The highest BCUT2D eigenvalue weighted by atomic mass is 16.2. The molecule has 3 heterocycles. The highest BCUT2D eigenvalue weighted by Gasteiger charge is 2.41. The molecule has 0 radical (unpaired) electrons. The molecule has 2 N–H and O–H groups in total. The van der Waals surface area contributed by atoms with E-state index in [0.29, 0.717) is 31.6 Å². The van der Waals surface area contributed by atoms with Crippen molar-refractivity contribution < 1.29 is 19.2 Å². The first kappa shape index (κ1) is 25.9. The number of fused-ring (bicyclic) bond motifs is 3. The molecule has 1 aromatic carbocycles. The second-order valence-electron chi connectivity index (χ2n) is 10.4. The summed E-state index contributed by atoms with van der Waals surface area (Å²) < 4.78 is 1.65. The summed E-state index contributed by atoms with van der Waals surface area (Å²) in [5, 5.41) is 14.0. The summed E-state index contributed by atoms with van der Waals surface area (Å²) in [7, 11) is 0. The summed E-state index contributed by atoms with van der Waals surface area (Å²) in [5.74, 6) is -0.838. The Kier molecular flexibility index (Phi) is 8.00. The third-order valence-corrected chi connectivity index (χ3v) is 7.72. The summed E-state index contributed by atoms with van der Waals surface area (Å²) >= 11 is 0. The van der Waals surface area contributed by atoms with Crippen LogP contribution in [0.2, 0.25) is 0 Å². The van der Waals surface area contributed by atoms with Gasteiger partial charge in [-0.25, -0.2) is 0 Å². The molecule has 1 saturated carbocycles. The zero-order chi connectivity index (χ0) is 26.5. The maximum atomic E-state index is 13.9. The van der Waals surface area contributed by atoms with Gasteiger partial charge in [-0.05, 0) is 24.8 Å². The van der Waals surface area contributed by atoms with Gasteiger partial charge in [-0.1, -0.05) is 48.4 Å². The molecule has 202 valence electrons. The molecule has 0 unspecified atom stereocenters. The van der Waals surface area contributed by atoms with Crippen LogP contribution in [0.25, 0.3) is 0 Å². The minimum absolute atomic E-state index is 0.0114. The van der Waals surface area contributed by atoms with Crippen LogP contribution >= 0.6 is 0 Å². The highest BCUT2D eigenvalue weighted by molar-refractivity contribution is 5.93. The Hall–Kier alpha value is -3.76. The number of hydrogen-bond acceptors (Lipinski definition) is 6. The molecule has 5 rings (SSSR count). The maximum Gasteiger partial charge on any atom is 0.246 e. The predicted octanol–water partition coefficient (Wildman–Crippen LogP) is 0.645. The number of nitrogens with zero attached hydrogens (tertiary/aromatic N) is 5. The van der Waals surface area contributed by atoms with E-state index in [9.17, 15) is 19.2 Å². The van der Waals surface area contributed by atoms with Gasteiger partial charge >= 0.3 is 0 Å². The Labute approximate surface area is 221 Å². The van der Waals surface area contributed by atoms with Crippen LogP contribution in [0.1, 0.15) is 49.8 Å². The van der Waals surface area contributed by atoms with Crippen molar-refractivity contribution >= 4 is 23.6 Å². The molecule has 11 heteroatoms. The van der Waals surface area contributed by atoms with E-state index in [4.69, 9.17) is 0 Å². The van der Waals surface area contributed by atoms with Crippen LogP contribution in [-0.4, -0.2) is 80.1 Å². The zero-order valence-corrected chi connectivity index (χ0v) is 21.6. The Bertz CT molecular complexity index is 1160. The zero-order valence-electron chi connectivity index (χ0n) is 21.6. The van der Waals surface area contributed by atoms with Gasteiger partial charge in [0.1, 0.15) is 17.8 Å². The van der Waals surface area contributed by atoms with E-state index in [1.54, 1.807) is 15.8 Å². The molecule has 2 aromatic rings. The van der Waals surface area contributed by atoms with Gasteiger partial charge in [-0.2, -0.15) is 0 Å². The first-order chi connectivity index (χ1) is 18.5. The fourth-order valence-electron chi connectivity index (χ4n) is 5.64. The molecule has 0 spiro atoms. The van der Waals surface area contributed by atoms with Crippen molar-refractivity contribution in [1.82, 2.24) is 35.4 Å². The number of benzene rings is 1. The smallest absolute Gasteiger partial charge is 0.246 e. The van der Waals surface area contributed by atoms with E-state index >= 15 is 0 Å². The molecular formula is C27H35N7O4. The van der Waals surface area contributed by atoms with Gasteiger partial charge in [0.15, 0.2) is 0 Å². The van der Waals surface area contributed by atoms with Gasteiger partial charge in [-0.3, -0.25) is 23.9 Å². The maximum absolute atomic E-state index is 13.9. The summed E-state index contributed by atoms with van der Waals surface area (Å²) in [5.41, 5.74) is 1.50. The Morgan fingerprint density at radius 2 is 1.79 bits per heavy atom. The number of aryl methyl sites for hydroxylation is 1. The lowest BCUT2D eigenvalue weighted by atomic mass is 10.0. The third-order valence-electron chi connectivity index (χ3n) is 7.72. The monoisotopic (exact) mass is 521 g/mol. The Balaban J connectivity index is 1.41. The number of aromatic nitrogens is 3. The van der Waals surface area contributed by atoms with Crippen molar-refractivity contribution in [2.24, 2.45) is 5.92 Å². The molecule has 38 heavy (non-hydrogen) atoms. The third kappa shape index (κ3) is 6.03. The summed E-state index contributed by atoms with van der Waals surface area (Å²) in [4.78, 5) is 56.8. The number of hydrogen-bond donors (Lipinski definition) is 2. The van der Waals surface area contributed by atoms with E-state index in [0.717, 1.165) is 31.2 Å². The fraction of sp³-hybridized carbons (Fsp3) is 0.556. The molecular weight excluding hydrogens is 486 g/mol. The van der Waals surface area contributed by atoms with Crippen molar-refractivity contribution in [3.05, 3.63) is 47.8 Å². The molecule has 1 saturated heterocycles. The molecule has 1 aliphatic carbocycles. The summed E-state index contributed by atoms with van der Waals surface area (Å²) in [6.45, 7) is 1.39. The van der Waals surface area contributed by atoms with Crippen molar-refractivity contribution in [3.8, 4) is 0 Å². The summed E-state index contributed by atoms with van der Waals surface area (Å²) in [6, 6.07) is 7.83. The van der Waals surface area contributed by atoms with Crippen molar-refractivity contribution in [3.63, 3.8) is 0 Å². The summed E-state index contributed by atoms with van der Waals surface area (Å²) in [6.07, 6.45) is 6.66. The lowest BCUT2D eigenvalue weighted by Gasteiger charge is -2.42. The highest BCUT2D eigenvalue weighted by Crippen LogP contribution is 2.28. The molecule has 3 aliphatic rings. The number of carbonyl (C=O) groups excluding carboxylic acids is 4. The first-order valence-corrected chi connectivity index (χ1v) is 13.6. The van der Waals surface area contributed by atoms with Crippen LogP contribution in [0.15, 0.2) is 36.5 Å². The van der Waals surface area contributed by atoms with E-state index < -0.39 is 12.1 Å². The van der Waals surface area contributed by atoms with Gasteiger partial charge < -0.3 is 20.4 Å². The average Bonchev–Trinajstić information content (AvgIpc) is 3.63. The fourth-order valence-corrected chi connectivity index (χ4v) is 5.64. The lowest BCUT2D eigenvalue weighted by molar-refractivity contribution is -0.151. The second-order valence-corrected chi connectivity index (χ2v) is 10.4. The number of nitrogens with one attached hydrogen (secondary N) is 2. The number of amides is 4. The largest absolute Gasteiger partial charge is 0.348 e. The average molecular weight is 522 g/mol. The Morgan fingerprint density at radius 1 is 1.00 bits per heavy atom. The molecule has 2 atom stereocenters.